The Morgan fingerprint density at radius 2 is 1.91 bits per heavy atom. The number of aliphatic carboxylic acids is 1. The highest BCUT2D eigenvalue weighted by Gasteiger charge is 2.26. The summed E-state index contributed by atoms with van der Waals surface area (Å²) in [6.45, 7) is -0.146. The molecule has 11 N–H and O–H groups in total. The fourth-order valence-electron chi connectivity index (χ4n) is 2.78. The van der Waals surface area contributed by atoms with Gasteiger partial charge in [0.25, 0.3) is 0 Å². The normalized spacial score (nSPS) is 13.2. The van der Waals surface area contributed by atoms with Gasteiger partial charge in [-0.2, -0.15) is 11.8 Å². The van der Waals surface area contributed by atoms with E-state index in [2.05, 4.69) is 30.9 Å². The first-order chi connectivity index (χ1) is 16.1. The van der Waals surface area contributed by atoms with Crippen LogP contribution in [0.2, 0.25) is 0 Å². The summed E-state index contributed by atoms with van der Waals surface area (Å²) >= 11 is 1.45. The molecule has 14 nitrogen and oxygen atoms in total. The number of nitrogens with one attached hydrogen (secondary N) is 4. The van der Waals surface area contributed by atoms with Crippen molar-refractivity contribution in [2.75, 3.05) is 25.1 Å². The lowest BCUT2D eigenvalue weighted by Crippen LogP contribution is -2.54. The van der Waals surface area contributed by atoms with Crippen LogP contribution in [0, 0.1) is 0 Å². The van der Waals surface area contributed by atoms with Crippen molar-refractivity contribution < 1.29 is 24.3 Å². The first-order valence-corrected chi connectivity index (χ1v) is 11.9. The first-order valence-electron chi connectivity index (χ1n) is 10.5. The molecule has 0 aromatic carbocycles. The topological polar surface area (TPSA) is 244 Å². The number of thioether (sulfide) groups is 1. The Hall–Kier alpha value is -3.33. The number of aromatic nitrogens is 2. The van der Waals surface area contributed by atoms with Gasteiger partial charge < -0.3 is 43.2 Å². The molecular formula is C19H33N9O5S. The molecule has 0 fully saturated rings. The molecule has 1 rings (SSSR count). The van der Waals surface area contributed by atoms with Gasteiger partial charge in [0.2, 0.25) is 17.7 Å². The number of carbonyl (C=O) groups excluding carboxylic acids is 3. The Balaban J connectivity index is 2.68. The summed E-state index contributed by atoms with van der Waals surface area (Å²) < 4.78 is 0. The van der Waals surface area contributed by atoms with Gasteiger partial charge in [0.15, 0.2) is 5.96 Å². The minimum absolute atomic E-state index is 0.0581. The highest BCUT2D eigenvalue weighted by Crippen LogP contribution is 2.03. The summed E-state index contributed by atoms with van der Waals surface area (Å²) in [5.41, 5.74) is 17.0. The number of aliphatic imine (C=N–C) groups is 1. The molecule has 15 heteroatoms. The Kier molecular flexibility index (Phi) is 13.1. The molecule has 3 amide bonds. The van der Waals surface area contributed by atoms with Crippen LogP contribution in [0.4, 0.5) is 0 Å². The number of aromatic amines is 1. The fourth-order valence-corrected chi connectivity index (χ4v) is 3.26. The highest BCUT2D eigenvalue weighted by molar-refractivity contribution is 7.98. The van der Waals surface area contributed by atoms with E-state index in [1.54, 1.807) is 0 Å². The molecule has 0 spiro atoms. The van der Waals surface area contributed by atoms with Gasteiger partial charge in [-0.25, -0.2) is 9.78 Å². The minimum Gasteiger partial charge on any atom is -0.480 e. The molecule has 0 aliphatic rings. The van der Waals surface area contributed by atoms with Crippen LogP contribution < -0.4 is 33.2 Å². The Morgan fingerprint density at radius 3 is 2.50 bits per heavy atom. The van der Waals surface area contributed by atoms with Crippen molar-refractivity contribution in [1.29, 1.82) is 0 Å². The Bertz CT molecular complexity index is 830. The van der Waals surface area contributed by atoms with Gasteiger partial charge in [-0.1, -0.05) is 0 Å². The number of nitrogens with zero attached hydrogens (tertiary/aromatic N) is 2. The predicted octanol–water partition coefficient (Wildman–Crippen LogP) is -2.74. The van der Waals surface area contributed by atoms with Crippen molar-refractivity contribution >= 4 is 41.4 Å². The monoisotopic (exact) mass is 499 g/mol. The molecule has 34 heavy (non-hydrogen) atoms. The van der Waals surface area contributed by atoms with Crippen molar-refractivity contribution in [2.45, 2.75) is 43.8 Å². The standard InChI is InChI=1S/C19H33N9O5S/c1-34-6-4-13(18(32)33)27-15(29)9-25-17(31)14(7-11-8-23-10-26-11)28-16(30)12(20)3-2-5-24-19(21)22/h8,10,12-14H,2-7,9,20H2,1H3,(H,23,26)(H,25,31)(H,27,29)(H,28,30)(H,32,33)(H4,21,22,24). The Labute approximate surface area is 201 Å². The smallest absolute Gasteiger partial charge is 0.326 e. The molecule has 0 aliphatic heterocycles. The number of carboxylic acids is 1. The van der Waals surface area contributed by atoms with Crippen molar-refractivity contribution in [3.8, 4) is 0 Å². The van der Waals surface area contributed by atoms with E-state index in [0.717, 1.165) is 0 Å². The van der Waals surface area contributed by atoms with E-state index in [1.165, 1.54) is 24.3 Å². The Morgan fingerprint density at radius 1 is 1.18 bits per heavy atom. The van der Waals surface area contributed by atoms with Crippen LogP contribution in [0.1, 0.15) is 25.0 Å². The quantitative estimate of drug-likeness (QED) is 0.0662. The van der Waals surface area contributed by atoms with Gasteiger partial charge in [-0.05, 0) is 31.3 Å². The molecule has 0 aliphatic carbocycles. The number of hydrogen-bond acceptors (Lipinski definition) is 8. The molecule has 1 aromatic rings. The highest BCUT2D eigenvalue weighted by atomic mass is 32.2. The fraction of sp³-hybridized carbons (Fsp3) is 0.579. The van der Waals surface area contributed by atoms with Gasteiger partial charge in [-0.15, -0.1) is 0 Å². The summed E-state index contributed by atoms with van der Waals surface area (Å²) in [7, 11) is 0. The molecule has 1 aromatic heterocycles. The average Bonchev–Trinajstić information content (AvgIpc) is 3.29. The maximum absolute atomic E-state index is 12.7. The summed E-state index contributed by atoms with van der Waals surface area (Å²) in [6.07, 6.45) is 5.82. The van der Waals surface area contributed by atoms with Crippen LogP contribution in [-0.4, -0.2) is 87.9 Å². The SMILES string of the molecule is CSCCC(NC(=O)CNC(=O)C(Cc1cnc[nH]1)NC(=O)C(N)CCCN=C(N)N)C(=O)O. The number of hydrogen-bond donors (Lipinski definition) is 8. The second kappa shape index (κ2) is 15.5. The van der Waals surface area contributed by atoms with Crippen LogP contribution in [0.15, 0.2) is 17.5 Å². The zero-order chi connectivity index (χ0) is 25.5. The van der Waals surface area contributed by atoms with E-state index in [-0.39, 0.29) is 25.2 Å². The van der Waals surface area contributed by atoms with Crippen LogP contribution in [0.3, 0.4) is 0 Å². The summed E-state index contributed by atoms with van der Waals surface area (Å²) in [4.78, 5) is 59.2. The molecular weight excluding hydrogens is 466 g/mol. The number of carbonyl (C=O) groups is 4. The number of H-pyrrole nitrogens is 1. The minimum atomic E-state index is -1.16. The zero-order valence-corrected chi connectivity index (χ0v) is 19.8. The number of guanidine groups is 1. The summed E-state index contributed by atoms with van der Waals surface area (Å²) in [6, 6.07) is -3.01. The molecule has 190 valence electrons. The van der Waals surface area contributed by atoms with E-state index in [4.69, 9.17) is 17.2 Å². The third-order valence-electron chi connectivity index (χ3n) is 4.58. The van der Waals surface area contributed by atoms with Gasteiger partial charge in [-0.3, -0.25) is 19.4 Å². The molecule has 0 bridgehead atoms. The van der Waals surface area contributed by atoms with Crippen molar-refractivity contribution in [2.24, 2.45) is 22.2 Å². The third kappa shape index (κ3) is 11.5. The molecule has 1 heterocycles. The predicted molar refractivity (Wildman–Crippen MR) is 128 cm³/mol. The van der Waals surface area contributed by atoms with E-state index < -0.39 is 48.4 Å². The number of carboxylic acid groups (broad SMARTS) is 1. The second-order valence-electron chi connectivity index (χ2n) is 7.36. The van der Waals surface area contributed by atoms with E-state index in [1.807, 2.05) is 6.26 Å². The molecule has 0 radical (unpaired) electrons. The van der Waals surface area contributed by atoms with Gasteiger partial charge in [0.05, 0.1) is 18.9 Å². The molecule has 0 saturated heterocycles. The number of amides is 3. The largest absolute Gasteiger partial charge is 0.480 e. The van der Waals surface area contributed by atoms with Crippen LogP contribution in [-0.2, 0) is 25.6 Å². The molecule has 0 saturated carbocycles. The lowest BCUT2D eigenvalue weighted by molar-refractivity contribution is -0.141. The van der Waals surface area contributed by atoms with Crippen LogP contribution in [0.25, 0.3) is 0 Å². The second-order valence-corrected chi connectivity index (χ2v) is 8.34. The van der Waals surface area contributed by atoms with E-state index in [0.29, 0.717) is 24.4 Å². The zero-order valence-electron chi connectivity index (χ0n) is 19.0. The van der Waals surface area contributed by atoms with Gasteiger partial charge in [0, 0.05) is 24.9 Å². The number of rotatable bonds is 16. The van der Waals surface area contributed by atoms with Crippen LogP contribution >= 0.6 is 11.8 Å². The summed E-state index contributed by atoms with van der Waals surface area (Å²) in [5, 5.41) is 16.6. The summed E-state index contributed by atoms with van der Waals surface area (Å²) in [5.74, 6) is -2.53. The van der Waals surface area contributed by atoms with Gasteiger partial charge in [0.1, 0.15) is 12.1 Å². The van der Waals surface area contributed by atoms with Gasteiger partial charge >= 0.3 is 5.97 Å². The molecule has 3 unspecified atom stereocenters. The van der Waals surface area contributed by atoms with Crippen molar-refractivity contribution in [3.05, 3.63) is 18.2 Å². The lowest BCUT2D eigenvalue weighted by Gasteiger charge is -2.20. The lowest BCUT2D eigenvalue weighted by atomic mass is 10.1. The maximum Gasteiger partial charge on any atom is 0.326 e. The maximum atomic E-state index is 12.7. The third-order valence-corrected chi connectivity index (χ3v) is 5.23. The van der Waals surface area contributed by atoms with Crippen molar-refractivity contribution in [1.82, 2.24) is 25.9 Å². The van der Waals surface area contributed by atoms with E-state index in [9.17, 15) is 24.3 Å². The molecule has 3 atom stereocenters. The number of imidazole rings is 1. The average molecular weight is 500 g/mol. The van der Waals surface area contributed by atoms with Crippen LogP contribution in [0.5, 0.6) is 0 Å². The van der Waals surface area contributed by atoms with E-state index >= 15 is 0 Å². The number of nitrogens with two attached hydrogens (primary N) is 3. The first kappa shape index (κ1) is 28.7. The van der Waals surface area contributed by atoms with Crippen molar-refractivity contribution in [3.63, 3.8) is 0 Å².